The standard InChI is InChI=1S/C22H25N3/c1-3-25-15-20(19-9-5-7-11-22(19)25)16(13-23)12-17-14-24(2)21-10-6-4-8-18(17)21/h4-11,14-16H,3,12-13,23H2,1-2H3. The Morgan fingerprint density at radius 1 is 0.920 bits per heavy atom. The zero-order valence-corrected chi connectivity index (χ0v) is 14.9. The van der Waals surface area contributed by atoms with Crippen LogP contribution in [0.25, 0.3) is 21.8 Å². The van der Waals surface area contributed by atoms with E-state index in [1.54, 1.807) is 0 Å². The normalized spacial score (nSPS) is 12.9. The van der Waals surface area contributed by atoms with Crippen LogP contribution in [0.1, 0.15) is 24.0 Å². The molecule has 25 heavy (non-hydrogen) atoms. The molecular formula is C22H25N3. The maximum Gasteiger partial charge on any atom is 0.0483 e. The number of hydrogen-bond acceptors (Lipinski definition) is 1. The summed E-state index contributed by atoms with van der Waals surface area (Å²) in [4.78, 5) is 0. The van der Waals surface area contributed by atoms with E-state index < -0.39 is 0 Å². The van der Waals surface area contributed by atoms with Crippen LogP contribution in [0.3, 0.4) is 0 Å². The molecular weight excluding hydrogens is 306 g/mol. The predicted molar refractivity (Wildman–Crippen MR) is 106 cm³/mol. The summed E-state index contributed by atoms with van der Waals surface area (Å²) >= 11 is 0. The smallest absolute Gasteiger partial charge is 0.0483 e. The molecule has 2 N–H and O–H groups in total. The number of aryl methyl sites for hydroxylation is 2. The minimum absolute atomic E-state index is 0.323. The van der Waals surface area contributed by atoms with Crippen molar-refractivity contribution in [3.8, 4) is 0 Å². The highest BCUT2D eigenvalue weighted by Crippen LogP contribution is 2.32. The van der Waals surface area contributed by atoms with Gasteiger partial charge in [0.2, 0.25) is 0 Å². The molecule has 2 aromatic carbocycles. The third-order valence-electron chi connectivity index (χ3n) is 5.33. The molecule has 3 nitrogen and oxygen atoms in total. The Balaban J connectivity index is 1.78. The second kappa shape index (κ2) is 6.41. The largest absolute Gasteiger partial charge is 0.350 e. The van der Waals surface area contributed by atoms with Gasteiger partial charge in [0.15, 0.2) is 0 Å². The average molecular weight is 331 g/mol. The second-order valence-corrected chi connectivity index (χ2v) is 6.81. The number of para-hydroxylation sites is 2. The molecule has 0 aliphatic carbocycles. The molecule has 4 aromatic rings. The third kappa shape index (κ3) is 2.65. The van der Waals surface area contributed by atoms with Gasteiger partial charge < -0.3 is 14.9 Å². The van der Waals surface area contributed by atoms with Crippen molar-refractivity contribution in [1.82, 2.24) is 9.13 Å². The molecule has 0 amide bonds. The molecule has 1 atom stereocenters. The molecule has 1 unspecified atom stereocenters. The van der Waals surface area contributed by atoms with E-state index in [2.05, 4.69) is 84.0 Å². The molecule has 0 aliphatic heterocycles. The number of aromatic nitrogens is 2. The van der Waals surface area contributed by atoms with Crippen molar-refractivity contribution in [2.24, 2.45) is 12.8 Å². The van der Waals surface area contributed by atoms with Gasteiger partial charge in [-0.25, -0.2) is 0 Å². The fourth-order valence-corrected chi connectivity index (χ4v) is 4.04. The summed E-state index contributed by atoms with van der Waals surface area (Å²) in [5.41, 5.74) is 11.6. The number of rotatable bonds is 5. The Morgan fingerprint density at radius 2 is 1.60 bits per heavy atom. The number of fused-ring (bicyclic) bond motifs is 2. The van der Waals surface area contributed by atoms with Gasteiger partial charge in [0.25, 0.3) is 0 Å². The fraction of sp³-hybridized carbons (Fsp3) is 0.273. The van der Waals surface area contributed by atoms with Crippen LogP contribution < -0.4 is 5.73 Å². The van der Waals surface area contributed by atoms with E-state index in [4.69, 9.17) is 5.73 Å². The van der Waals surface area contributed by atoms with Crippen molar-refractivity contribution >= 4 is 21.8 Å². The first kappa shape index (κ1) is 16.0. The van der Waals surface area contributed by atoms with Crippen molar-refractivity contribution in [2.75, 3.05) is 6.54 Å². The SMILES string of the molecule is CCn1cc(C(CN)Cc2cn(C)c3ccccc23)c2ccccc21. The number of benzene rings is 2. The summed E-state index contributed by atoms with van der Waals surface area (Å²) in [5.74, 6) is 0.323. The van der Waals surface area contributed by atoms with E-state index in [9.17, 15) is 0 Å². The minimum Gasteiger partial charge on any atom is -0.350 e. The quantitative estimate of drug-likeness (QED) is 0.577. The van der Waals surface area contributed by atoms with Crippen molar-refractivity contribution in [1.29, 1.82) is 0 Å². The van der Waals surface area contributed by atoms with Crippen LogP contribution in [-0.2, 0) is 20.0 Å². The van der Waals surface area contributed by atoms with Crippen LogP contribution in [0.2, 0.25) is 0 Å². The zero-order valence-electron chi connectivity index (χ0n) is 14.9. The zero-order chi connectivity index (χ0) is 17.4. The van der Waals surface area contributed by atoms with Gasteiger partial charge in [-0.2, -0.15) is 0 Å². The summed E-state index contributed by atoms with van der Waals surface area (Å²) in [5, 5.41) is 2.67. The van der Waals surface area contributed by atoms with Gasteiger partial charge in [-0.15, -0.1) is 0 Å². The van der Waals surface area contributed by atoms with E-state index in [0.29, 0.717) is 12.5 Å². The molecule has 0 saturated heterocycles. The summed E-state index contributed by atoms with van der Waals surface area (Å²) < 4.78 is 4.55. The first-order valence-corrected chi connectivity index (χ1v) is 9.03. The molecule has 3 heteroatoms. The molecule has 0 spiro atoms. The lowest BCUT2D eigenvalue weighted by Crippen LogP contribution is -2.14. The van der Waals surface area contributed by atoms with Gasteiger partial charge in [-0.05, 0) is 43.1 Å². The Hall–Kier alpha value is -2.52. The number of hydrogen-bond donors (Lipinski definition) is 1. The lowest BCUT2D eigenvalue weighted by Gasteiger charge is -2.14. The Kier molecular flexibility index (Phi) is 4.10. The van der Waals surface area contributed by atoms with Gasteiger partial charge in [0.1, 0.15) is 0 Å². The average Bonchev–Trinajstić information content (AvgIpc) is 3.18. The first-order valence-electron chi connectivity index (χ1n) is 9.03. The Bertz CT molecular complexity index is 1020. The molecule has 0 radical (unpaired) electrons. The van der Waals surface area contributed by atoms with Gasteiger partial charge in [0, 0.05) is 53.7 Å². The highest BCUT2D eigenvalue weighted by atomic mass is 14.9. The highest BCUT2D eigenvalue weighted by Gasteiger charge is 2.19. The minimum atomic E-state index is 0.323. The van der Waals surface area contributed by atoms with E-state index in [-0.39, 0.29) is 0 Å². The molecule has 0 saturated carbocycles. The summed E-state index contributed by atoms with van der Waals surface area (Å²) in [6, 6.07) is 17.3. The van der Waals surface area contributed by atoms with Crippen LogP contribution in [0.5, 0.6) is 0 Å². The van der Waals surface area contributed by atoms with E-state index in [0.717, 1.165) is 13.0 Å². The van der Waals surface area contributed by atoms with Crippen LogP contribution in [-0.4, -0.2) is 15.7 Å². The van der Waals surface area contributed by atoms with Gasteiger partial charge in [-0.3, -0.25) is 0 Å². The predicted octanol–water partition coefficient (Wildman–Crippen LogP) is 4.44. The van der Waals surface area contributed by atoms with Crippen LogP contribution >= 0.6 is 0 Å². The van der Waals surface area contributed by atoms with Gasteiger partial charge in [0.05, 0.1) is 0 Å². The molecule has 4 rings (SSSR count). The van der Waals surface area contributed by atoms with Crippen molar-refractivity contribution < 1.29 is 0 Å². The summed E-state index contributed by atoms with van der Waals surface area (Å²) in [7, 11) is 2.12. The maximum atomic E-state index is 6.23. The summed E-state index contributed by atoms with van der Waals surface area (Å²) in [6.07, 6.45) is 5.52. The topological polar surface area (TPSA) is 35.9 Å². The Morgan fingerprint density at radius 3 is 2.32 bits per heavy atom. The highest BCUT2D eigenvalue weighted by molar-refractivity contribution is 5.86. The second-order valence-electron chi connectivity index (χ2n) is 6.81. The van der Waals surface area contributed by atoms with E-state index in [1.165, 1.54) is 32.9 Å². The Labute approximate surface area is 148 Å². The van der Waals surface area contributed by atoms with E-state index in [1.807, 2.05) is 0 Å². The van der Waals surface area contributed by atoms with Crippen LogP contribution in [0.4, 0.5) is 0 Å². The number of nitrogens with zero attached hydrogens (tertiary/aromatic N) is 2. The number of nitrogens with two attached hydrogens (primary N) is 1. The molecule has 0 aliphatic rings. The fourth-order valence-electron chi connectivity index (χ4n) is 4.04. The van der Waals surface area contributed by atoms with Crippen LogP contribution in [0.15, 0.2) is 60.9 Å². The lowest BCUT2D eigenvalue weighted by molar-refractivity contribution is 0.691. The molecule has 128 valence electrons. The monoisotopic (exact) mass is 331 g/mol. The maximum absolute atomic E-state index is 6.23. The van der Waals surface area contributed by atoms with Gasteiger partial charge >= 0.3 is 0 Å². The first-order chi connectivity index (χ1) is 12.2. The lowest BCUT2D eigenvalue weighted by atomic mass is 9.91. The van der Waals surface area contributed by atoms with Crippen molar-refractivity contribution in [3.05, 3.63) is 72.1 Å². The molecule has 2 heterocycles. The molecule has 0 bridgehead atoms. The van der Waals surface area contributed by atoms with Crippen molar-refractivity contribution in [3.63, 3.8) is 0 Å². The summed E-state index contributed by atoms with van der Waals surface area (Å²) in [6.45, 7) is 3.82. The van der Waals surface area contributed by atoms with Crippen LogP contribution in [0, 0.1) is 0 Å². The van der Waals surface area contributed by atoms with Gasteiger partial charge in [-0.1, -0.05) is 36.4 Å². The molecule has 2 aromatic heterocycles. The molecule has 0 fully saturated rings. The third-order valence-corrected chi connectivity index (χ3v) is 5.33. The van der Waals surface area contributed by atoms with E-state index >= 15 is 0 Å². The van der Waals surface area contributed by atoms with Crippen molar-refractivity contribution in [2.45, 2.75) is 25.8 Å².